The molecule has 11 heteroatoms. The number of benzene rings is 1. The number of nitrogens with zero attached hydrogens (tertiary/aromatic N) is 5. The first-order chi connectivity index (χ1) is 17.4. The van der Waals surface area contributed by atoms with E-state index in [4.69, 9.17) is 9.15 Å². The van der Waals surface area contributed by atoms with Crippen LogP contribution in [-0.2, 0) is 24.4 Å². The Bertz CT molecular complexity index is 1440. The third-order valence-corrected chi connectivity index (χ3v) is 5.76. The van der Waals surface area contributed by atoms with Crippen LogP contribution in [0.25, 0.3) is 0 Å². The molecule has 0 radical (unpaired) electrons. The molecule has 3 aromatic rings. The van der Waals surface area contributed by atoms with Crippen molar-refractivity contribution in [3.05, 3.63) is 111 Å². The van der Waals surface area contributed by atoms with Gasteiger partial charge in [0.25, 0.3) is 5.91 Å². The van der Waals surface area contributed by atoms with Crippen molar-refractivity contribution in [2.24, 2.45) is 5.10 Å². The minimum absolute atomic E-state index is 0.123. The van der Waals surface area contributed by atoms with E-state index >= 15 is 0 Å². The summed E-state index contributed by atoms with van der Waals surface area (Å²) in [7, 11) is 1.57. The van der Waals surface area contributed by atoms with Gasteiger partial charge in [-0.15, -0.1) is 13.2 Å². The molecular weight excluding hydrogens is 466 g/mol. The molecule has 2 aromatic heterocycles. The second-order valence-corrected chi connectivity index (χ2v) is 7.98. The zero-order valence-electron chi connectivity index (χ0n) is 19.7. The van der Waals surface area contributed by atoms with Crippen LogP contribution >= 0.6 is 0 Å². The highest BCUT2D eigenvalue weighted by molar-refractivity contribution is 6.03. The third-order valence-electron chi connectivity index (χ3n) is 5.76. The van der Waals surface area contributed by atoms with E-state index in [9.17, 15) is 19.2 Å². The van der Waals surface area contributed by atoms with Crippen molar-refractivity contribution in [3.63, 3.8) is 0 Å². The lowest BCUT2D eigenvalue weighted by Gasteiger charge is -2.20. The van der Waals surface area contributed by atoms with Gasteiger partial charge >= 0.3 is 17.1 Å². The number of methoxy groups -OCH3 is 1. The molecule has 1 aliphatic rings. The zero-order chi connectivity index (χ0) is 25.8. The van der Waals surface area contributed by atoms with Gasteiger partial charge in [-0.2, -0.15) is 5.10 Å². The van der Waals surface area contributed by atoms with E-state index in [1.54, 1.807) is 31.4 Å². The summed E-state index contributed by atoms with van der Waals surface area (Å²) in [6.07, 6.45) is 4.57. The van der Waals surface area contributed by atoms with Gasteiger partial charge in [0.15, 0.2) is 0 Å². The van der Waals surface area contributed by atoms with E-state index in [0.717, 1.165) is 19.3 Å². The monoisotopic (exact) mass is 491 g/mol. The Labute approximate surface area is 205 Å². The number of hydrazone groups is 1. The summed E-state index contributed by atoms with van der Waals surface area (Å²) in [5, 5.41) is 5.73. The minimum atomic E-state index is -0.910. The minimum Gasteiger partial charge on any atom is -0.497 e. The van der Waals surface area contributed by atoms with Gasteiger partial charge in [0.05, 0.1) is 32.2 Å². The first-order valence-corrected chi connectivity index (χ1v) is 11.1. The van der Waals surface area contributed by atoms with Gasteiger partial charge in [0.1, 0.15) is 24.1 Å². The van der Waals surface area contributed by atoms with Gasteiger partial charge < -0.3 is 9.15 Å². The van der Waals surface area contributed by atoms with Crippen molar-refractivity contribution in [1.29, 1.82) is 0 Å². The smallest absolute Gasteiger partial charge is 0.337 e. The predicted octanol–water partition coefficient (Wildman–Crippen LogP) is 1.52. The molecule has 186 valence electrons. The fourth-order valence-corrected chi connectivity index (χ4v) is 4.00. The summed E-state index contributed by atoms with van der Waals surface area (Å²) in [5.74, 6) is 0.564. The lowest BCUT2D eigenvalue weighted by Crippen LogP contribution is -2.55. The molecule has 0 spiro atoms. The van der Waals surface area contributed by atoms with E-state index in [-0.39, 0.29) is 13.1 Å². The first kappa shape index (κ1) is 24.5. The number of amides is 1. The normalized spacial score (nSPS) is 15.0. The number of rotatable bonds is 9. The van der Waals surface area contributed by atoms with Crippen LogP contribution in [-0.4, -0.2) is 37.4 Å². The molecule has 0 bridgehead atoms. The first-order valence-electron chi connectivity index (χ1n) is 11.1. The molecule has 0 saturated carbocycles. The van der Waals surface area contributed by atoms with Crippen LogP contribution in [0.1, 0.15) is 23.8 Å². The molecule has 1 aliphatic heterocycles. The Morgan fingerprint density at radius 2 is 1.64 bits per heavy atom. The summed E-state index contributed by atoms with van der Waals surface area (Å²) >= 11 is 0. The summed E-state index contributed by atoms with van der Waals surface area (Å²) in [5.41, 5.74) is -1.21. The van der Waals surface area contributed by atoms with Crippen molar-refractivity contribution in [2.45, 2.75) is 32.1 Å². The van der Waals surface area contributed by atoms with E-state index in [0.29, 0.717) is 23.6 Å². The van der Waals surface area contributed by atoms with Crippen molar-refractivity contribution < 1.29 is 13.9 Å². The van der Waals surface area contributed by atoms with Crippen LogP contribution in [0.2, 0.25) is 0 Å². The third kappa shape index (κ3) is 4.50. The van der Waals surface area contributed by atoms with Crippen LogP contribution in [0.4, 0.5) is 0 Å². The Balaban J connectivity index is 1.74. The Kier molecular flexibility index (Phi) is 7.00. The molecule has 0 aliphatic carbocycles. The molecule has 36 heavy (non-hydrogen) atoms. The van der Waals surface area contributed by atoms with E-state index in [1.165, 1.54) is 23.4 Å². The Morgan fingerprint density at radius 1 is 1.03 bits per heavy atom. The maximum Gasteiger partial charge on any atom is 0.337 e. The molecule has 1 atom stereocenters. The number of ether oxygens (including phenoxy) is 1. The fourth-order valence-electron chi connectivity index (χ4n) is 4.00. The van der Waals surface area contributed by atoms with Gasteiger partial charge in [0.2, 0.25) is 0 Å². The largest absolute Gasteiger partial charge is 0.497 e. The van der Waals surface area contributed by atoms with Crippen LogP contribution in [0.3, 0.4) is 0 Å². The molecule has 4 rings (SSSR count). The number of hydrogen-bond donors (Lipinski definition) is 0. The average molecular weight is 492 g/mol. The van der Waals surface area contributed by atoms with Gasteiger partial charge in [-0.05, 0) is 42.0 Å². The molecule has 1 aromatic carbocycles. The molecule has 11 nitrogen and oxygen atoms in total. The van der Waals surface area contributed by atoms with Gasteiger partial charge in [-0.1, -0.05) is 12.2 Å². The summed E-state index contributed by atoms with van der Waals surface area (Å²) in [6, 6.07) is 10.1. The maximum absolute atomic E-state index is 13.4. The highest BCUT2D eigenvalue weighted by Gasteiger charge is 2.35. The Hall–Kier alpha value is -4.67. The predicted molar refractivity (Wildman–Crippen MR) is 132 cm³/mol. The number of aromatic nitrogens is 3. The fraction of sp³-hybridized carbons (Fsp3) is 0.240. The number of hydrogen-bond acceptors (Lipinski definition) is 7. The van der Waals surface area contributed by atoms with E-state index in [2.05, 4.69) is 18.3 Å². The molecule has 3 heterocycles. The van der Waals surface area contributed by atoms with Gasteiger partial charge in [-0.3, -0.25) is 4.79 Å². The molecule has 0 saturated heterocycles. The molecule has 1 amide bonds. The molecule has 0 unspecified atom stereocenters. The van der Waals surface area contributed by atoms with Crippen molar-refractivity contribution in [3.8, 4) is 5.75 Å². The molecule has 0 fully saturated rings. The van der Waals surface area contributed by atoms with Crippen LogP contribution < -0.4 is 21.8 Å². The second kappa shape index (κ2) is 10.3. The zero-order valence-corrected chi connectivity index (χ0v) is 19.7. The van der Waals surface area contributed by atoms with Crippen LogP contribution in [0.5, 0.6) is 5.75 Å². The lowest BCUT2D eigenvalue weighted by atomic mass is 10.0. The van der Waals surface area contributed by atoms with Gasteiger partial charge in [-0.25, -0.2) is 33.1 Å². The highest BCUT2D eigenvalue weighted by Crippen LogP contribution is 2.33. The second-order valence-electron chi connectivity index (χ2n) is 7.98. The number of carbonyl (C=O) groups is 1. The summed E-state index contributed by atoms with van der Waals surface area (Å²) in [6.45, 7) is 6.23. The quantitative estimate of drug-likeness (QED) is 0.419. The van der Waals surface area contributed by atoms with Crippen LogP contribution in [0.15, 0.2) is 91.9 Å². The molecular formula is C25H25N5O6. The van der Waals surface area contributed by atoms with E-state index < -0.39 is 35.6 Å². The maximum atomic E-state index is 13.4. The topological polar surface area (TPSA) is 121 Å². The number of carbonyl (C=O) groups excluding carboxylic acids is 1. The highest BCUT2D eigenvalue weighted by atomic mass is 16.5. The van der Waals surface area contributed by atoms with E-state index in [1.807, 2.05) is 12.1 Å². The molecule has 0 N–H and O–H groups in total. The van der Waals surface area contributed by atoms with Crippen molar-refractivity contribution in [1.82, 2.24) is 18.7 Å². The summed E-state index contributed by atoms with van der Waals surface area (Å²) < 4.78 is 13.1. The SMILES string of the molecule is C=CCn1c(=O)n(CC=C)c(=O)n(CC(=O)N2N=C(c3ccc(OC)cc3)C[C@H]2c2ccco2)c1=O. The van der Waals surface area contributed by atoms with Crippen LogP contribution in [0, 0.1) is 0 Å². The van der Waals surface area contributed by atoms with Crippen molar-refractivity contribution >= 4 is 11.6 Å². The van der Waals surface area contributed by atoms with Crippen molar-refractivity contribution in [2.75, 3.05) is 7.11 Å². The standard InChI is InChI=1S/C25H25N5O6/c1-4-12-27-23(32)28(13-5-2)25(34)29(24(27)33)16-22(31)30-20(21-7-6-14-36-21)15-19(26-30)17-8-10-18(35-3)11-9-17/h4-11,14,20H,1-2,12-13,15-16H2,3H3/t20-/m0/s1. The van der Waals surface area contributed by atoms with Gasteiger partial charge in [0, 0.05) is 6.42 Å². The number of allylic oxidation sites excluding steroid dienone is 2. The number of furan rings is 1. The summed E-state index contributed by atoms with van der Waals surface area (Å²) in [4.78, 5) is 52.0. The average Bonchev–Trinajstić information content (AvgIpc) is 3.57. The lowest BCUT2D eigenvalue weighted by molar-refractivity contribution is -0.134. The Morgan fingerprint density at radius 3 is 2.17 bits per heavy atom.